The van der Waals surface area contributed by atoms with Crippen molar-refractivity contribution in [2.75, 3.05) is 13.1 Å². The fourth-order valence-electron chi connectivity index (χ4n) is 3.15. The standard InChI is InChI=1S/C14H16BrFN2O/c15-11-2-1-3-12(16)13(11)14(19)18-9-4-5-10(18)8-17-7-6-9/h1-3,9-10,17H,4-8H2. The summed E-state index contributed by atoms with van der Waals surface area (Å²) >= 11 is 3.29. The molecule has 19 heavy (non-hydrogen) atoms. The number of nitrogens with one attached hydrogen (secondary N) is 1. The molecule has 0 aliphatic carbocycles. The van der Waals surface area contributed by atoms with Crippen LogP contribution in [-0.2, 0) is 0 Å². The Morgan fingerprint density at radius 3 is 2.89 bits per heavy atom. The minimum atomic E-state index is -0.448. The van der Waals surface area contributed by atoms with Crippen molar-refractivity contribution in [2.45, 2.75) is 31.3 Å². The molecule has 2 aliphatic rings. The van der Waals surface area contributed by atoms with E-state index in [1.165, 1.54) is 6.07 Å². The molecule has 0 spiro atoms. The maximum absolute atomic E-state index is 13.9. The van der Waals surface area contributed by atoms with Crippen LogP contribution < -0.4 is 5.32 Å². The molecule has 1 amide bonds. The van der Waals surface area contributed by atoms with Gasteiger partial charge < -0.3 is 10.2 Å². The highest BCUT2D eigenvalue weighted by Gasteiger charge is 2.39. The van der Waals surface area contributed by atoms with Crippen molar-refractivity contribution in [1.29, 1.82) is 0 Å². The molecule has 0 radical (unpaired) electrons. The summed E-state index contributed by atoms with van der Waals surface area (Å²) in [4.78, 5) is 14.6. The zero-order chi connectivity index (χ0) is 13.4. The van der Waals surface area contributed by atoms with E-state index in [2.05, 4.69) is 21.2 Å². The van der Waals surface area contributed by atoms with Crippen molar-refractivity contribution >= 4 is 21.8 Å². The molecule has 1 aromatic carbocycles. The SMILES string of the molecule is O=C(c1c(F)cccc1Br)N1C2CCNCC1CC2. The lowest BCUT2D eigenvalue weighted by atomic mass is 10.1. The molecule has 102 valence electrons. The average molecular weight is 327 g/mol. The lowest BCUT2D eigenvalue weighted by Crippen LogP contribution is -2.43. The van der Waals surface area contributed by atoms with Crippen LogP contribution >= 0.6 is 15.9 Å². The molecule has 3 rings (SSSR count). The average Bonchev–Trinajstić information content (AvgIpc) is 2.62. The second-order valence-electron chi connectivity index (χ2n) is 5.19. The topological polar surface area (TPSA) is 32.3 Å². The van der Waals surface area contributed by atoms with Gasteiger partial charge in [-0.05, 0) is 53.9 Å². The van der Waals surface area contributed by atoms with Gasteiger partial charge >= 0.3 is 0 Å². The van der Waals surface area contributed by atoms with E-state index in [4.69, 9.17) is 0 Å². The second-order valence-corrected chi connectivity index (χ2v) is 6.04. The third-order valence-corrected chi connectivity index (χ3v) is 4.73. The molecular formula is C14H16BrFN2O. The van der Waals surface area contributed by atoms with Crippen LogP contribution in [0.25, 0.3) is 0 Å². The van der Waals surface area contributed by atoms with Crippen LogP contribution in [0, 0.1) is 5.82 Å². The van der Waals surface area contributed by atoms with Gasteiger partial charge in [0.15, 0.2) is 0 Å². The lowest BCUT2D eigenvalue weighted by Gasteiger charge is -2.28. The molecule has 0 aromatic heterocycles. The number of rotatable bonds is 1. The molecule has 3 nitrogen and oxygen atoms in total. The molecule has 2 atom stereocenters. The van der Waals surface area contributed by atoms with E-state index in [-0.39, 0.29) is 23.6 Å². The van der Waals surface area contributed by atoms with Gasteiger partial charge in [-0.15, -0.1) is 0 Å². The number of nitrogens with zero attached hydrogens (tertiary/aromatic N) is 1. The van der Waals surface area contributed by atoms with Crippen molar-refractivity contribution in [3.05, 3.63) is 34.1 Å². The van der Waals surface area contributed by atoms with E-state index in [0.717, 1.165) is 32.4 Å². The molecular weight excluding hydrogens is 311 g/mol. The summed E-state index contributed by atoms with van der Waals surface area (Å²) in [6, 6.07) is 5.12. The van der Waals surface area contributed by atoms with Gasteiger partial charge in [0, 0.05) is 23.1 Å². The molecule has 5 heteroatoms. The van der Waals surface area contributed by atoms with Gasteiger partial charge in [-0.2, -0.15) is 0 Å². The maximum Gasteiger partial charge on any atom is 0.258 e. The molecule has 2 fully saturated rings. The highest BCUT2D eigenvalue weighted by atomic mass is 79.9. The molecule has 1 aromatic rings. The van der Waals surface area contributed by atoms with Gasteiger partial charge in [-0.25, -0.2) is 4.39 Å². The van der Waals surface area contributed by atoms with Crippen molar-refractivity contribution in [3.63, 3.8) is 0 Å². The summed E-state index contributed by atoms with van der Waals surface area (Å²) in [6.45, 7) is 1.75. The van der Waals surface area contributed by atoms with Crippen LogP contribution in [0.4, 0.5) is 4.39 Å². The molecule has 2 saturated heterocycles. The quantitative estimate of drug-likeness (QED) is 0.860. The lowest BCUT2D eigenvalue weighted by molar-refractivity contribution is 0.0674. The fraction of sp³-hybridized carbons (Fsp3) is 0.500. The summed E-state index contributed by atoms with van der Waals surface area (Å²) in [5.41, 5.74) is 0.168. The monoisotopic (exact) mass is 326 g/mol. The third kappa shape index (κ3) is 2.30. The first-order valence-electron chi connectivity index (χ1n) is 6.66. The van der Waals surface area contributed by atoms with Gasteiger partial charge in [-0.1, -0.05) is 6.07 Å². The van der Waals surface area contributed by atoms with Gasteiger partial charge in [-0.3, -0.25) is 4.79 Å². The van der Waals surface area contributed by atoms with E-state index in [0.29, 0.717) is 4.47 Å². The zero-order valence-electron chi connectivity index (χ0n) is 10.5. The van der Waals surface area contributed by atoms with Crippen LogP contribution in [0.5, 0.6) is 0 Å². The summed E-state index contributed by atoms with van der Waals surface area (Å²) in [5.74, 6) is -0.628. The number of benzene rings is 1. The number of halogens is 2. The van der Waals surface area contributed by atoms with Crippen molar-refractivity contribution in [1.82, 2.24) is 10.2 Å². The third-order valence-electron chi connectivity index (χ3n) is 4.07. The molecule has 2 heterocycles. The Bertz CT molecular complexity index is 474. The van der Waals surface area contributed by atoms with Crippen molar-refractivity contribution < 1.29 is 9.18 Å². The molecule has 1 N–H and O–H groups in total. The largest absolute Gasteiger partial charge is 0.331 e. The van der Waals surface area contributed by atoms with E-state index in [9.17, 15) is 9.18 Å². The van der Waals surface area contributed by atoms with Crippen LogP contribution in [-0.4, -0.2) is 36.0 Å². The number of carbonyl (C=O) groups excluding carboxylic acids is 1. The molecule has 2 unspecified atom stereocenters. The first-order valence-corrected chi connectivity index (χ1v) is 7.45. The molecule has 0 saturated carbocycles. The predicted octanol–water partition coefficient (Wildman–Crippen LogP) is 2.55. The van der Waals surface area contributed by atoms with Crippen LogP contribution in [0.3, 0.4) is 0 Å². The first kappa shape index (κ1) is 13.1. The van der Waals surface area contributed by atoms with Crippen LogP contribution in [0.1, 0.15) is 29.6 Å². The number of hydrogen-bond donors (Lipinski definition) is 1. The van der Waals surface area contributed by atoms with Crippen LogP contribution in [0.2, 0.25) is 0 Å². The zero-order valence-corrected chi connectivity index (χ0v) is 12.1. The maximum atomic E-state index is 13.9. The Kier molecular flexibility index (Phi) is 3.58. The van der Waals surface area contributed by atoms with E-state index < -0.39 is 5.82 Å². The highest BCUT2D eigenvalue weighted by Crippen LogP contribution is 2.31. The van der Waals surface area contributed by atoms with E-state index >= 15 is 0 Å². The Morgan fingerprint density at radius 1 is 1.32 bits per heavy atom. The Morgan fingerprint density at radius 2 is 2.11 bits per heavy atom. The highest BCUT2D eigenvalue weighted by molar-refractivity contribution is 9.10. The number of carbonyl (C=O) groups is 1. The van der Waals surface area contributed by atoms with E-state index in [1.54, 1.807) is 12.1 Å². The van der Waals surface area contributed by atoms with Crippen molar-refractivity contribution in [3.8, 4) is 0 Å². The van der Waals surface area contributed by atoms with Gasteiger partial charge in [0.25, 0.3) is 5.91 Å². The predicted molar refractivity (Wildman–Crippen MR) is 74.6 cm³/mol. The van der Waals surface area contributed by atoms with Crippen molar-refractivity contribution in [2.24, 2.45) is 0 Å². The van der Waals surface area contributed by atoms with E-state index in [1.807, 2.05) is 4.90 Å². The minimum Gasteiger partial charge on any atom is -0.331 e. The summed E-state index contributed by atoms with van der Waals surface area (Å²) in [5, 5.41) is 3.34. The first-order chi connectivity index (χ1) is 9.18. The Hall–Kier alpha value is -0.940. The molecule has 2 bridgehead atoms. The normalized spacial score (nSPS) is 26.3. The second kappa shape index (κ2) is 5.21. The smallest absolute Gasteiger partial charge is 0.258 e. The van der Waals surface area contributed by atoms with Gasteiger partial charge in [0.05, 0.1) is 5.56 Å². The number of hydrogen-bond acceptors (Lipinski definition) is 2. The minimum absolute atomic E-state index is 0.168. The number of amides is 1. The summed E-state index contributed by atoms with van der Waals surface area (Å²) in [7, 11) is 0. The number of fused-ring (bicyclic) bond motifs is 2. The Labute approximate surface area is 120 Å². The van der Waals surface area contributed by atoms with Gasteiger partial charge in [0.1, 0.15) is 5.82 Å². The van der Waals surface area contributed by atoms with Gasteiger partial charge in [0.2, 0.25) is 0 Å². The summed E-state index contributed by atoms with van der Waals surface area (Å²) in [6.07, 6.45) is 2.99. The fourth-order valence-corrected chi connectivity index (χ4v) is 3.66. The van der Waals surface area contributed by atoms with Crippen LogP contribution in [0.15, 0.2) is 22.7 Å². The molecule has 2 aliphatic heterocycles. The summed E-state index contributed by atoms with van der Waals surface area (Å²) < 4.78 is 14.5. The Balaban J connectivity index is 1.95.